The minimum Gasteiger partial charge on any atom is -0.453 e. The van der Waals surface area contributed by atoms with Gasteiger partial charge in [-0.15, -0.1) is 0 Å². The summed E-state index contributed by atoms with van der Waals surface area (Å²) in [6.07, 6.45) is 5.23. The van der Waals surface area contributed by atoms with E-state index in [9.17, 15) is 4.79 Å². The van der Waals surface area contributed by atoms with Gasteiger partial charge in [0, 0.05) is 39.8 Å². The van der Waals surface area contributed by atoms with Crippen LogP contribution in [0.25, 0.3) is 0 Å². The summed E-state index contributed by atoms with van der Waals surface area (Å²) in [6.45, 7) is 4.70. The Bertz CT molecular complexity index is 282. The van der Waals surface area contributed by atoms with Gasteiger partial charge >= 0.3 is 6.09 Å². The SMILES string of the molecule is COC(=O)N1CCN(CC2CCC(OC)CC2)CC1. The van der Waals surface area contributed by atoms with Crippen LogP contribution in [0.5, 0.6) is 0 Å². The molecule has 0 unspecified atom stereocenters. The van der Waals surface area contributed by atoms with Crippen molar-refractivity contribution in [2.24, 2.45) is 5.92 Å². The topological polar surface area (TPSA) is 42.0 Å². The van der Waals surface area contributed by atoms with Crippen molar-refractivity contribution in [1.82, 2.24) is 9.80 Å². The summed E-state index contributed by atoms with van der Waals surface area (Å²) in [5, 5.41) is 0. The Hall–Kier alpha value is -0.810. The molecule has 110 valence electrons. The molecule has 2 rings (SSSR count). The van der Waals surface area contributed by atoms with Crippen molar-refractivity contribution in [1.29, 1.82) is 0 Å². The lowest BCUT2D eigenvalue weighted by atomic mass is 9.87. The van der Waals surface area contributed by atoms with E-state index < -0.39 is 0 Å². The molecule has 0 atom stereocenters. The number of nitrogens with zero attached hydrogens (tertiary/aromatic N) is 2. The third-order valence-corrected chi connectivity index (χ3v) is 4.45. The summed E-state index contributed by atoms with van der Waals surface area (Å²) in [5.74, 6) is 0.802. The maximum Gasteiger partial charge on any atom is 0.409 e. The van der Waals surface area contributed by atoms with Gasteiger partial charge in [0.15, 0.2) is 0 Å². The van der Waals surface area contributed by atoms with Gasteiger partial charge in [0.25, 0.3) is 0 Å². The van der Waals surface area contributed by atoms with E-state index in [0.717, 1.165) is 32.1 Å². The molecule has 19 heavy (non-hydrogen) atoms. The number of hydrogen-bond donors (Lipinski definition) is 0. The Morgan fingerprint density at radius 3 is 2.21 bits per heavy atom. The number of carbonyl (C=O) groups excluding carboxylic acids is 1. The first-order chi connectivity index (χ1) is 9.22. The van der Waals surface area contributed by atoms with Crippen LogP contribution in [0.2, 0.25) is 0 Å². The van der Waals surface area contributed by atoms with E-state index in [1.165, 1.54) is 39.3 Å². The second kappa shape index (κ2) is 7.10. The average Bonchev–Trinajstić information content (AvgIpc) is 2.48. The van der Waals surface area contributed by atoms with Crippen LogP contribution in [0.3, 0.4) is 0 Å². The van der Waals surface area contributed by atoms with Crippen LogP contribution < -0.4 is 0 Å². The second-order valence-electron chi connectivity index (χ2n) is 5.64. The zero-order chi connectivity index (χ0) is 13.7. The van der Waals surface area contributed by atoms with Crippen molar-refractivity contribution in [2.45, 2.75) is 31.8 Å². The summed E-state index contributed by atoms with van der Waals surface area (Å²) in [6, 6.07) is 0. The number of ether oxygens (including phenoxy) is 2. The summed E-state index contributed by atoms with van der Waals surface area (Å²) in [4.78, 5) is 15.7. The van der Waals surface area contributed by atoms with Gasteiger partial charge in [-0.2, -0.15) is 0 Å². The largest absolute Gasteiger partial charge is 0.453 e. The molecule has 0 aromatic heterocycles. The molecule has 0 aromatic rings. The van der Waals surface area contributed by atoms with E-state index in [-0.39, 0.29) is 6.09 Å². The van der Waals surface area contributed by atoms with E-state index >= 15 is 0 Å². The van der Waals surface area contributed by atoms with Crippen LogP contribution in [0.1, 0.15) is 25.7 Å². The van der Waals surface area contributed by atoms with Gasteiger partial charge in [0.1, 0.15) is 0 Å². The molecule has 1 saturated carbocycles. The molecule has 2 aliphatic rings. The number of amides is 1. The highest BCUT2D eigenvalue weighted by atomic mass is 16.5. The molecular formula is C14H26N2O3. The summed E-state index contributed by atoms with van der Waals surface area (Å²) < 4.78 is 10.2. The lowest BCUT2D eigenvalue weighted by Crippen LogP contribution is -2.50. The van der Waals surface area contributed by atoms with Crippen LogP contribution >= 0.6 is 0 Å². The molecule has 1 aliphatic heterocycles. The molecule has 0 aromatic carbocycles. The van der Waals surface area contributed by atoms with Gasteiger partial charge in [-0.05, 0) is 31.6 Å². The van der Waals surface area contributed by atoms with E-state index in [2.05, 4.69) is 4.90 Å². The first-order valence-corrected chi connectivity index (χ1v) is 7.31. The van der Waals surface area contributed by atoms with Gasteiger partial charge in [0.2, 0.25) is 0 Å². The minimum atomic E-state index is -0.194. The fourth-order valence-electron chi connectivity index (χ4n) is 3.16. The summed E-state index contributed by atoms with van der Waals surface area (Å²) >= 11 is 0. The molecule has 0 spiro atoms. The van der Waals surface area contributed by atoms with Crippen LogP contribution in [0.4, 0.5) is 4.79 Å². The van der Waals surface area contributed by atoms with E-state index in [1.54, 1.807) is 4.90 Å². The van der Waals surface area contributed by atoms with E-state index in [4.69, 9.17) is 9.47 Å². The van der Waals surface area contributed by atoms with Crippen LogP contribution in [-0.4, -0.2) is 68.9 Å². The minimum absolute atomic E-state index is 0.194. The standard InChI is InChI=1S/C14H26N2O3/c1-18-13-5-3-12(4-6-13)11-15-7-9-16(10-8-15)14(17)19-2/h12-13H,3-11H2,1-2H3. The zero-order valence-corrected chi connectivity index (χ0v) is 12.1. The lowest BCUT2D eigenvalue weighted by Gasteiger charge is -2.37. The van der Waals surface area contributed by atoms with Crippen molar-refractivity contribution in [2.75, 3.05) is 46.9 Å². The molecule has 0 bridgehead atoms. The predicted molar refractivity (Wildman–Crippen MR) is 73.2 cm³/mol. The summed E-state index contributed by atoms with van der Waals surface area (Å²) in [5.41, 5.74) is 0. The van der Waals surface area contributed by atoms with Crippen molar-refractivity contribution in [3.8, 4) is 0 Å². The molecule has 0 N–H and O–H groups in total. The van der Waals surface area contributed by atoms with Crippen molar-refractivity contribution >= 4 is 6.09 Å². The normalized spacial score (nSPS) is 29.3. The van der Waals surface area contributed by atoms with Crippen molar-refractivity contribution in [3.63, 3.8) is 0 Å². The first-order valence-electron chi connectivity index (χ1n) is 7.31. The quantitative estimate of drug-likeness (QED) is 0.781. The molecule has 2 fully saturated rings. The number of hydrogen-bond acceptors (Lipinski definition) is 4. The second-order valence-corrected chi connectivity index (χ2v) is 5.64. The smallest absolute Gasteiger partial charge is 0.409 e. The van der Waals surface area contributed by atoms with Gasteiger partial charge < -0.3 is 14.4 Å². The molecule has 0 radical (unpaired) electrons. The average molecular weight is 270 g/mol. The molecular weight excluding hydrogens is 244 g/mol. The third kappa shape index (κ3) is 4.08. The van der Waals surface area contributed by atoms with Gasteiger partial charge in [-0.3, -0.25) is 4.90 Å². The van der Waals surface area contributed by atoms with E-state index in [1.807, 2.05) is 7.11 Å². The summed E-state index contributed by atoms with van der Waals surface area (Å²) in [7, 11) is 3.26. The molecule has 1 amide bonds. The maximum atomic E-state index is 11.4. The first kappa shape index (κ1) is 14.6. The van der Waals surface area contributed by atoms with E-state index in [0.29, 0.717) is 6.10 Å². The number of piperazine rings is 1. The Morgan fingerprint density at radius 1 is 1.05 bits per heavy atom. The molecule has 1 aliphatic carbocycles. The molecule has 1 heterocycles. The maximum absolute atomic E-state index is 11.4. The highest BCUT2D eigenvalue weighted by Gasteiger charge is 2.26. The van der Waals surface area contributed by atoms with Gasteiger partial charge in [-0.25, -0.2) is 4.79 Å². The fourth-order valence-corrected chi connectivity index (χ4v) is 3.16. The van der Waals surface area contributed by atoms with Crippen molar-refractivity contribution < 1.29 is 14.3 Å². The lowest BCUT2D eigenvalue weighted by molar-refractivity contribution is 0.0425. The highest BCUT2D eigenvalue weighted by molar-refractivity contribution is 5.67. The zero-order valence-electron chi connectivity index (χ0n) is 12.1. The third-order valence-electron chi connectivity index (χ3n) is 4.45. The number of methoxy groups -OCH3 is 2. The number of rotatable bonds is 3. The Kier molecular flexibility index (Phi) is 5.45. The molecule has 5 heteroatoms. The molecule has 1 saturated heterocycles. The number of carbonyl (C=O) groups is 1. The Labute approximate surface area is 115 Å². The van der Waals surface area contributed by atoms with Gasteiger partial charge in [-0.1, -0.05) is 0 Å². The van der Waals surface area contributed by atoms with Gasteiger partial charge in [0.05, 0.1) is 13.2 Å². The highest BCUT2D eigenvalue weighted by Crippen LogP contribution is 2.26. The Morgan fingerprint density at radius 2 is 1.68 bits per heavy atom. The monoisotopic (exact) mass is 270 g/mol. The fraction of sp³-hybridized carbons (Fsp3) is 0.929. The van der Waals surface area contributed by atoms with Crippen LogP contribution in [0.15, 0.2) is 0 Å². The van der Waals surface area contributed by atoms with Crippen molar-refractivity contribution in [3.05, 3.63) is 0 Å². The Balaban J connectivity index is 1.67. The van der Waals surface area contributed by atoms with Crippen LogP contribution in [-0.2, 0) is 9.47 Å². The van der Waals surface area contributed by atoms with Crippen LogP contribution in [0, 0.1) is 5.92 Å². The predicted octanol–water partition coefficient (Wildman–Crippen LogP) is 1.58. The molecule has 5 nitrogen and oxygen atoms in total.